The zero-order valence-electron chi connectivity index (χ0n) is 32.3. The van der Waals surface area contributed by atoms with Crippen molar-refractivity contribution in [2.24, 2.45) is 0 Å². The molecule has 0 bridgehead atoms. The van der Waals surface area contributed by atoms with Crippen molar-refractivity contribution < 1.29 is 4.74 Å². The Hall–Kier alpha value is -6.70. The van der Waals surface area contributed by atoms with Gasteiger partial charge >= 0.3 is 0 Å². The number of hydrogen-bond donors (Lipinski definition) is 0. The molecule has 0 atom stereocenters. The molecule has 2 aliphatic rings. The van der Waals surface area contributed by atoms with Gasteiger partial charge < -0.3 is 4.74 Å². The highest BCUT2D eigenvalue weighted by molar-refractivity contribution is 6.24. The molecule has 1 heterocycles. The first-order chi connectivity index (χ1) is 27.4. The Kier molecular flexibility index (Phi) is 7.66. The van der Waals surface area contributed by atoms with Crippen LogP contribution >= 0.6 is 0 Å². The summed E-state index contributed by atoms with van der Waals surface area (Å²) in [7, 11) is 0. The van der Waals surface area contributed by atoms with Gasteiger partial charge in [0.2, 0.25) is 0 Å². The normalized spacial score (nSPS) is 14.3. The average molecular weight is 719 g/mol. The molecular formula is C55H42O. The SMILES string of the molecule is C=CC1=C(/C=C\C)c2ccc(-c3cc4c5ccccc5c(-c5cccc6c5Oc5cc(/C=C\C)c(C=C)c7cccc-6c57)cc4c4ccccc34)cc2C1(C)C. The lowest BCUT2D eigenvalue weighted by Crippen LogP contribution is -2.16. The van der Waals surface area contributed by atoms with Gasteiger partial charge in [0.05, 0.1) is 0 Å². The van der Waals surface area contributed by atoms with Crippen LogP contribution in [0.2, 0.25) is 0 Å². The van der Waals surface area contributed by atoms with Crippen LogP contribution in [0.1, 0.15) is 49.9 Å². The molecule has 56 heavy (non-hydrogen) atoms. The van der Waals surface area contributed by atoms with E-state index in [2.05, 4.69) is 180 Å². The molecule has 0 amide bonds. The lowest BCUT2D eigenvalue weighted by molar-refractivity contribution is 0.489. The molecule has 0 saturated carbocycles. The summed E-state index contributed by atoms with van der Waals surface area (Å²) in [5.74, 6) is 1.77. The number of hydrogen-bond acceptors (Lipinski definition) is 1. The molecule has 0 spiro atoms. The maximum Gasteiger partial charge on any atom is 0.143 e. The third-order valence-electron chi connectivity index (χ3n) is 12.2. The number of rotatable bonds is 6. The van der Waals surface area contributed by atoms with Crippen molar-refractivity contribution in [3.05, 3.63) is 187 Å². The maximum absolute atomic E-state index is 7.06. The number of allylic oxidation sites excluding steroid dienone is 6. The summed E-state index contributed by atoms with van der Waals surface area (Å²) in [5, 5.41) is 9.65. The number of benzene rings is 8. The van der Waals surface area contributed by atoms with Crippen LogP contribution in [0.15, 0.2) is 164 Å². The largest absolute Gasteiger partial charge is 0.455 e. The first kappa shape index (κ1) is 33.8. The van der Waals surface area contributed by atoms with E-state index >= 15 is 0 Å². The molecule has 1 aliphatic carbocycles. The molecule has 268 valence electrons. The van der Waals surface area contributed by atoms with Crippen LogP contribution < -0.4 is 4.74 Å². The van der Waals surface area contributed by atoms with Crippen molar-refractivity contribution >= 4 is 60.8 Å². The molecule has 1 heteroatoms. The van der Waals surface area contributed by atoms with Gasteiger partial charge in [-0.2, -0.15) is 0 Å². The highest BCUT2D eigenvalue weighted by Gasteiger charge is 2.35. The lowest BCUT2D eigenvalue weighted by Gasteiger charge is -2.26. The first-order valence-electron chi connectivity index (χ1n) is 19.6. The molecule has 0 N–H and O–H groups in total. The molecule has 1 aliphatic heterocycles. The van der Waals surface area contributed by atoms with Gasteiger partial charge in [-0.1, -0.05) is 161 Å². The lowest BCUT2D eigenvalue weighted by atomic mass is 9.80. The van der Waals surface area contributed by atoms with Crippen molar-refractivity contribution in [3.63, 3.8) is 0 Å². The molecule has 8 aromatic rings. The Balaban J connectivity index is 1.21. The highest BCUT2D eigenvalue weighted by Crippen LogP contribution is 2.54. The van der Waals surface area contributed by atoms with Crippen LogP contribution in [0.5, 0.6) is 11.5 Å². The third kappa shape index (κ3) is 4.74. The fourth-order valence-corrected chi connectivity index (χ4v) is 9.73. The van der Waals surface area contributed by atoms with Crippen LogP contribution in [-0.4, -0.2) is 0 Å². The summed E-state index contributed by atoms with van der Waals surface area (Å²) in [6, 6.07) is 45.0. The summed E-state index contributed by atoms with van der Waals surface area (Å²) in [4.78, 5) is 0. The van der Waals surface area contributed by atoms with E-state index in [-0.39, 0.29) is 5.41 Å². The molecule has 1 nitrogen and oxygen atoms in total. The van der Waals surface area contributed by atoms with Gasteiger partial charge in [0.15, 0.2) is 0 Å². The minimum absolute atomic E-state index is 0.151. The Morgan fingerprint density at radius 3 is 1.80 bits per heavy atom. The van der Waals surface area contributed by atoms with E-state index < -0.39 is 0 Å². The topological polar surface area (TPSA) is 9.23 Å². The molecule has 0 unspecified atom stereocenters. The van der Waals surface area contributed by atoms with E-state index in [0.29, 0.717) is 0 Å². The smallest absolute Gasteiger partial charge is 0.143 e. The van der Waals surface area contributed by atoms with Crippen molar-refractivity contribution in [2.45, 2.75) is 33.1 Å². The van der Waals surface area contributed by atoms with E-state index in [4.69, 9.17) is 4.74 Å². The second-order valence-corrected chi connectivity index (χ2v) is 15.5. The monoisotopic (exact) mass is 718 g/mol. The minimum atomic E-state index is -0.151. The van der Waals surface area contributed by atoms with E-state index in [0.717, 1.165) is 50.1 Å². The Labute approximate surface area is 328 Å². The van der Waals surface area contributed by atoms with Crippen LogP contribution in [-0.2, 0) is 5.41 Å². The molecule has 0 radical (unpaired) electrons. The summed E-state index contributed by atoms with van der Waals surface area (Å²) in [5.41, 5.74) is 14.2. The van der Waals surface area contributed by atoms with E-state index in [1.807, 2.05) is 19.1 Å². The van der Waals surface area contributed by atoms with Crippen molar-refractivity contribution in [1.82, 2.24) is 0 Å². The third-order valence-corrected chi connectivity index (χ3v) is 12.2. The quantitative estimate of drug-likeness (QED) is 0.156. The minimum Gasteiger partial charge on any atom is -0.455 e. The fourth-order valence-electron chi connectivity index (χ4n) is 9.73. The van der Waals surface area contributed by atoms with Gasteiger partial charge in [0.25, 0.3) is 0 Å². The van der Waals surface area contributed by atoms with Crippen LogP contribution in [0.4, 0.5) is 0 Å². The van der Waals surface area contributed by atoms with E-state index in [1.165, 1.54) is 71.3 Å². The number of fused-ring (bicyclic) bond motifs is 8. The van der Waals surface area contributed by atoms with E-state index in [1.54, 1.807) is 0 Å². The molecule has 0 aromatic heterocycles. The Morgan fingerprint density at radius 2 is 1.12 bits per heavy atom. The van der Waals surface area contributed by atoms with Crippen molar-refractivity contribution in [1.29, 1.82) is 0 Å². The first-order valence-corrected chi connectivity index (χ1v) is 19.6. The fraction of sp³-hybridized carbons (Fsp3) is 0.0909. The Morgan fingerprint density at radius 1 is 0.518 bits per heavy atom. The maximum atomic E-state index is 7.06. The number of ether oxygens (including phenoxy) is 1. The van der Waals surface area contributed by atoms with Gasteiger partial charge in [0.1, 0.15) is 11.5 Å². The van der Waals surface area contributed by atoms with Gasteiger partial charge in [-0.3, -0.25) is 0 Å². The predicted molar refractivity (Wildman–Crippen MR) is 243 cm³/mol. The Bertz CT molecular complexity index is 3120. The van der Waals surface area contributed by atoms with Crippen molar-refractivity contribution in [2.75, 3.05) is 0 Å². The standard InChI is InChI=1S/C55H42O/c1-7-17-33-30-52-53-42(35(33)9-3)23-15-24-43(53)44-25-16-26-45(54(44)56-52)47-32-49-37-20-12-11-19-36(37)46(31-48(49)39-22-14-13-21-38(39)47)34-27-28-41-40(18-8-2)50(10-4)55(5,6)51(41)29-34/h7-32H,3-4H2,1-2,5-6H3/b17-7-,18-8-. The van der Waals surface area contributed by atoms with Crippen LogP contribution in [0, 0.1) is 0 Å². The van der Waals surface area contributed by atoms with Gasteiger partial charge in [0, 0.05) is 21.9 Å². The van der Waals surface area contributed by atoms with Gasteiger partial charge in [-0.15, -0.1) is 0 Å². The van der Waals surface area contributed by atoms with Crippen LogP contribution in [0.3, 0.4) is 0 Å². The van der Waals surface area contributed by atoms with Crippen LogP contribution in [0.25, 0.3) is 94.2 Å². The zero-order chi connectivity index (χ0) is 38.3. The van der Waals surface area contributed by atoms with Gasteiger partial charge in [-0.25, -0.2) is 0 Å². The summed E-state index contributed by atoms with van der Waals surface area (Å²) < 4.78 is 7.06. The second kappa shape index (κ2) is 12.7. The highest BCUT2D eigenvalue weighted by atomic mass is 16.5. The molecule has 10 rings (SSSR count). The molecule has 8 aromatic carbocycles. The van der Waals surface area contributed by atoms with Gasteiger partial charge in [-0.05, 0) is 131 Å². The summed E-state index contributed by atoms with van der Waals surface area (Å²) in [6.07, 6.45) is 12.6. The van der Waals surface area contributed by atoms with Crippen molar-refractivity contribution in [3.8, 4) is 44.9 Å². The number of para-hydroxylation sites is 1. The predicted octanol–water partition coefficient (Wildman–Crippen LogP) is 15.9. The zero-order valence-corrected chi connectivity index (χ0v) is 32.3. The molecular weight excluding hydrogens is 677 g/mol. The second-order valence-electron chi connectivity index (χ2n) is 15.5. The summed E-state index contributed by atoms with van der Waals surface area (Å²) in [6.45, 7) is 17.2. The molecule has 0 fully saturated rings. The average Bonchev–Trinajstić information content (AvgIpc) is 3.44. The van der Waals surface area contributed by atoms with E-state index in [9.17, 15) is 0 Å². The summed E-state index contributed by atoms with van der Waals surface area (Å²) >= 11 is 0. The molecule has 0 saturated heterocycles.